The highest BCUT2D eigenvalue weighted by Crippen LogP contribution is 2.61. The van der Waals surface area contributed by atoms with Gasteiger partial charge >= 0.3 is 5.97 Å². The summed E-state index contributed by atoms with van der Waals surface area (Å²) in [5.74, 6) is 0.606. The van der Waals surface area contributed by atoms with Gasteiger partial charge in [0.15, 0.2) is 12.1 Å². The van der Waals surface area contributed by atoms with Gasteiger partial charge in [-0.05, 0) is 104 Å². The first-order valence-electron chi connectivity index (χ1n) is 18.6. The van der Waals surface area contributed by atoms with Gasteiger partial charge in [0.1, 0.15) is 18.3 Å². The summed E-state index contributed by atoms with van der Waals surface area (Å²) in [6.45, 7) is 8.22. The van der Waals surface area contributed by atoms with Crippen molar-refractivity contribution in [3.63, 3.8) is 0 Å². The zero-order valence-electron chi connectivity index (χ0n) is 30.5. The maximum absolute atomic E-state index is 14.2. The number of Topliss-reactive ketones (excluding diaryl/α,β-unsaturated/α-hetero) is 1. The van der Waals surface area contributed by atoms with Gasteiger partial charge in [-0.1, -0.05) is 63.9 Å². The second-order valence-electron chi connectivity index (χ2n) is 15.4. The van der Waals surface area contributed by atoms with Crippen LogP contribution in [0.1, 0.15) is 97.0 Å². The average Bonchev–Trinajstić information content (AvgIpc) is 3.65. The Morgan fingerprint density at radius 3 is 2.33 bits per heavy atom. The van der Waals surface area contributed by atoms with Crippen molar-refractivity contribution in [1.29, 1.82) is 0 Å². The predicted molar refractivity (Wildman–Crippen MR) is 189 cm³/mol. The van der Waals surface area contributed by atoms with Gasteiger partial charge < -0.3 is 28.8 Å². The van der Waals surface area contributed by atoms with Crippen LogP contribution in [0, 0.1) is 41.4 Å². The van der Waals surface area contributed by atoms with E-state index in [2.05, 4.69) is 32.1 Å². The Morgan fingerprint density at radius 1 is 0.959 bits per heavy atom. The molecular formula is C40H59ClO8. The summed E-state index contributed by atoms with van der Waals surface area (Å²) >= 11 is 6.57. The fourth-order valence-corrected chi connectivity index (χ4v) is 10.0. The molecule has 1 N–H and O–H groups in total. The number of cyclic esters (lactones) is 1. The predicted octanol–water partition coefficient (Wildman–Crippen LogP) is 7.54. The number of aliphatic hydroxyl groups is 1. The van der Waals surface area contributed by atoms with Crippen LogP contribution < -0.4 is 0 Å². The Bertz CT molecular complexity index is 1300. The molecule has 3 aliphatic carbocycles. The smallest absolute Gasteiger partial charge is 0.306 e. The van der Waals surface area contributed by atoms with Crippen LogP contribution in [0.25, 0.3) is 0 Å². The van der Waals surface area contributed by atoms with Crippen molar-refractivity contribution in [2.24, 2.45) is 41.4 Å². The molecule has 274 valence electrons. The molecule has 8 unspecified atom stereocenters. The molecule has 0 aromatic heterocycles. The lowest BCUT2D eigenvalue weighted by atomic mass is 9.59. The number of aliphatic hydroxyl groups excluding tert-OH is 1. The summed E-state index contributed by atoms with van der Waals surface area (Å²) in [7, 11) is 4.80. The molecule has 5 rings (SSSR count). The molecular weight excluding hydrogens is 644 g/mol. The number of ether oxygens (including phenoxy) is 5. The molecule has 0 spiro atoms. The number of hydrogen-bond acceptors (Lipinski definition) is 8. The number of allylic oxidation sites excluding steroid dienone is 2. The quantitative estimate of drug-likeness (QED) is 0.187. The number of halogens is 1. The summed E-state index contributed by atoms with van der Waals surface area (Å²) in [5, 5.41) is 12.1. The van der Waals surface area contributed by atoms with E-state index in [4.69, 9.17) is 35.3 Å². The van der Waals surface area contributed by atoms with Gasteiger partial charge in [0.25, 0.3) is 0 Å². The van der Waals surface area contributed by atoms with Crippen LogP contribution in [0.4, 0.5) is 0 Å². The molecule has 49 heavy (non-hydrogen) atoms. The van der Waals surface area contributed by atoms with Crippen LogP contribution in [0.2, 0.25) is 5.02 Å². The van der Waals surface area contributed by atoms with Crippen molar-refractivity contribution in [2.75, 3.05) is 21.3 Å². The number of esters is 1. The Balaban J connectivity index is 1.46. The van der Waals surface area contributed by atoms with Crippen LogP contribution in [-0.4, -0.2) is 75.0 Å². The van der Waals surface area contributed by atoms with Gasteiger partial charge in [-0.25, -0.2) is 0 Å². The van der Waals surface area contributed by atoms with Crippen molar-refractivity contribution in [2.45, 2.75) is 128 Å². The summed E-state index contributed by atoms with van der Waals surface area (Å²) in [6, 6.07) is 8.08. The van der Waals surface area contributed by atoms with Crippen molar-refractivity contribution in [1.82, 2.24) is 0 Å². The van der Waals surface area contributed by atoms with E-state index in [9.17, 15) is 14.7 Å². The van der Waals surface area contributed by atoms with E-state index in [1.165, 1.54) is 0 Å². The Morgan fingerprint density at radius 2 is 1.67 bits per heavy atom. The van der Waals surface area contributed by atoms with Gasteiger partial charge in [-0.15, -0.1) is 0 Å². The molecule has 13 atom stereocenters. The maximum atomic E-state index is 14.2. The van der Waals surface area contributed by atoms with E-state index >= 15 is 0 Å². The molecule has 0 radical (unpaired) electrons. The Labute approximate surface area is 298 Å². The summed E-state index contributed by atoms with van der Waals surface area (Å²) in [6.07, 6.45) is 6.17. The SMILES string of the molecule is CC[C@H]1CCCC[C@@H](C)C(=O)C2=CC3C(C(c4cccc(Cl)c4)CC4C[C@@H](OC(O)C(OC)C(OC)C(OC)C(C)C)C[C@H]43)[C@@H]2CC(=O)O1. The third-order valence-electron chi connectivity index (χ3n) is 12.2. The molecule has 2 saturated carbocycles. The first kappa shape index (κ1) is 38.4. The first-order valence-corrected chi connectivity index (χ1v) is 19.0. The standard InChI is InChI=1S/C40H59ClO8/c1-8-27-15-10-9-12-23(4)36(43)33-20-31-29-19-28(49-40(44)39(47-7)38(46-6)37(45-5)22(2)3)17-25(29)18-30(24-13-11-14-26(41)16-24)35(31)32(33)21-34(42)48-27/h11,13-14,16,20,22-23,25,27-32,35,37-40,44H,8-10,12,15,17-19,21H2,1-7H3/t23-,25?,27+,28-,29-,30?,31?,32-,35?,37?,38?,39?,40?/m1/s1. The van der Waals surface area contributed by atoms with Crippen molar-refractivity contribution in [3.05, 3.63) is 46.5 Å². The van der Waals surface area contributed by atoms with Gasteiger partial charge in [0, 0.05) is 38.2 Å². The lowest BCUT2D eigenvalue weighted by molar-refractivity contribution is -0.236. The minimum Gasteiger partial charge on any atom is -0.462 e. The Hall–Kier alpha value is -1.81. The normalized spacial score (nSPS) is 34.8. The number of fused-ring (bicyclic) bond motifs is 5. The number of methoxy groups -OCH3 is 3. The number of carbonyl (C=O) groups is 2. The van der Waals surface area contributed by atoms with Crippen molar-refractivity contribution < 1.29 is 38.4 Å². The van der Waals surface area contributed by atoms with Gasteiger partial charge in [-0.2, -0.15) is 0 Å². The van der Waals surface area contributed by atoms with E-state index in [1.54, 1.807) is 21.3 Å². The summed E-state index contributed by atoms with van der Waals surface area (Å²) < 4.78 is 29.8. The summed E-state index contributed by atoms with van der Waals surface area (Å²) in [5.41, 5.74) is 1.96. The van der Waals surface area contributed by atoms with Gasteiger partial charge in [-0.3, -0.25) is 9.59 Å². The zero-order chi connectivity index (χ0) is 35.4. The second-order valence-corrected chi connectivity index (χ2v) is 15.9. The molecule has 9 heteroatoms. The third kappa shape index (κ3) is 8.47. The van der Waals surface area contributed by atoms with Gasteiger partial charge in [0.05, 0.1) is 18.6 Å². The summed E-state index contributed by atoms with van der Waals surface area (Å²) in [4.78, 5) is 27.8. The monoisotopic (exact) mass is 702 g/mol. The molecule has 1 saturated heterocycles. The number of benzene rings is 1. The zero-order valence-corrected chi connectivity index (χ0v) is 31.3. The number of hydrogen-bond donors (Lipinski definition) is 1. The molecule has 4 aliphatic rings. The van der Waals surface area contributed by atoms with Crippen LogP contribution in [0.5, 0.6) is 0 Å². The van der Waals surface area contributed by atoms with E-state index in [1.807, 2.05) is 26.0 Å². The van der Waals surface area contributed by atoms with Gasteiger partial charge in [0.2, 0.25) is 0 Å². The highest BCUT2D eigenvalue weighted by atomic mass is 35.5. The van der Waals surface area contributed by atoms with E-state index in [0.29, 0.717) is 10.9 Å². The average molecular weight is 703 g/mol. The maximum Gasteiger partial charge on any atom is 0.306 e. The van der Waals surface area contributed by atoms with Crippen LogP contribution in [0.3, 0.4) is 0 Å². The van der Waals surface area contributed by atoms with Crippen molar-refractivity contribution in [3.8, 4) is 0 Å². The second kappa shape index (κ2) is 17.1. The first-order chi connectivity index (χ1) is 23.5. The largest absolute Gasteiger partial charge is 0.462 e. The molecule has 1 aromatic carbocycles. The molecule has 1 aliphatic heterocycles. The van der Waals surface area contributed by atoms with E-state index < -0.39 is 18.5 Å². The molecule has 0 amide bonds. The molecule has 1 aromatic rings. The highest BCUT2D eigenvalue weighted by molar-refractivity contribution is 6.30. The molecule has 1 heterocycles. The lowest BCUT2D eigenvalue weighted by Crippen LogP contribution is -2.50. The fourth-order valence-electron chi connectivity index (χ4n) is 9.85. The lowest BCUT2D eigenvalue weighted by Gasteiger charge is -2.44. The van der Waals surface area contributed by atoms with E-state index in [0.717, 1.165) is 62.5 Å². The topological polar surface area (TPSA) is 101 Å². The fraction of sp³-hybridized carbons (Fsp3) is 0.750. The van der Waals surface area contributed by atoms with E-state index in [-0.39, 0.29) is 77.9 Å². The van der Waals surface area contributed by atoms with Crippen LogP contribution in [-0.2, 0) is 33.3 Å². The highest BCUT2D eigenvalue weighted by Gasteiger charge is 2.56. The minimum atomic E-state index is -1.21. The van der Waals surface area contributed by atoms with Crippen molar-refractivity contribution >= 4 is 23.4 Å². The third-order valence-corrected chi connectivity index (χ3v) is 12.4. The van der Waals surface area contributed by atoms with Crippen LogP contribution >= 0.6 is 11.6 Å². The number of ketones is 1. The van der Waals surface area contributed by atoms with Crippen LogP contribution in [0.15, 0.2) is 35.9 Å². The Kier molecular flexibility index (Phi) is 13.4. The molecule has 8 nitrogen and oxygen atoms in total. The number of carbonyl (C=O) groups excluding carboxylic acids is 2. The molecule has 3 fully saturated rings. The molecule has 0 bridgehead atoms. The minimum absolute atomic E-state index is 0.0585. The number of rotatable bonds is 11.